The van der Waals surface area contributed by atoms with Gasteiger partial charge in [-0.05, 0) is 49.2 Å². The number of esters is 1. The van der Waals surface area contributed by atoms with Crippen LogP contribution in [-0.4, -0.2) is 34.6 Å². The maximum atomic E-state index is 12.9. The Kier molecular flexibility index (Phi) is 6.56. The Bertz CT molecular complexity index is 999. The zero-order valence-electron chi connectivity index (χ0n) is 16.5. The normalized spacial score (nSPS) is 16.3. The van der Waals surface area contributed by atoms with Crippen LogP contribution in [0.2, 0.25) is 0 Å². The molecule has 8 heteroatoms. The molecule has 7 nitrogen and oxygen atoms in total. The largest absolute Gasteiger partial charge is 0.478 e. The fourth-order valence-electron chi connectivity index (χ4n) is 3.29. The minimum absolute atomic E-state index is 0.164. The van der Waals surface area contributed by atoms with Crippen LogP contribution in [0.5, 0.6) is 0 Å². The van der Waals surface area contributed by atoms with Gasteiger partial charge in [-0.15, -0.1) is 0 Å². The molecule has 0 aliphatic carbocycles. The Labute approximate surface area is 182 Å². The topological polar surface area (TPSA) is 95.9 Å². The zero-order valence-corrected chi connectivity index (χ0v) is 18.1. The number of halogens is 1. The number of urea groups is 1. The predicted octanol–water partition coefficient (Wildman–Crippen LogP) is 4.25. The second-order valence-electron chi connectivity index (χ2n) is 6.74. The number of benzene rings is 2. The van der Waals surface area contributed by atoms with Crippen LogP contribution in [0.3, 0.4) is 0 Å². The highest BCUT2D eigenvalue weighted by Crippen LogP contribution is 2.32. The van der Waals surface area contributed by atoms with Crippen molar-refractivity contribution >= 4 is 33.9 Å². The number of hydrogen-bond donors (Lipinski definition) is 2. The first kappa shape index (κ1) is 21.6. The van der Waals surface area contributed by atoms with E-state index >= 15 is 0 Å². The van der Waals surface area contributed by atoms with E-state index < -0.39 is 18.0 Å². The van der Waals surface area contributed by atoms with Gasteiger partial charge in [-0.3, -0.25) is 4.90 Å². The van der Waals surface area contributed by atoms with Gasteiger partial charge in [0.05, 0.1) is 30.3 Å². The van der Waals surface area contributed by atoms with Gasteiger partial charge in [-0.25, -0.2) is 14.4 Å². The summed E-state index contributed by atoms with van der Waals surface area (Å²) in [4.78, 5) is 38.1. The first-order valence-electron chi connectivity index (χ1n) is 9.35. The number of carboxylic acid groups (broad SMARTS) is 1. The standard InChI is InChI=1S/C22H21BrN2O5/c1-3-30-21(28)18-13(2)25(12-14-4-6-16(7-5-14)20(26)27)22(29)24-19(18)15-8-10-17(23)11-9-15/h4-11,19H,3,12H2,1-2H3,(H,24,29)(H,26,27). The van der Waals surface area contributed by atoms with Gasteiger partial charge in [0.2, 0.25) is 0 Å². The number of hydrogen-bond acceptors (Lipinski definition) is 4. The molecule has 1 aliphatic heterocycles. The van der Waals surface area contributed by atoms with Gasteiger partial charge in [0.15, 0.2) is 0 Å². The minimum atomic E-state index is -1.02. The van der Waals surface area contributed by atoms with Crippen molar-refractivity contribution in [3.63, 3.8) is 0 Å². The number of allylic oxidation sites excluding steroid dienone is 1. The number of ether oxygens (including phenoxy) is 1. The fourth-order valence-corrected chi connectivity index (χ4v) is 3.55. The van der Waals surface area contributed by atoms with E-state index in [1.807, 2.05) is 24.3 Å². The van der Waals surface area contributed by atoms with Crippen molar-refractivity contribution in [2.45, 2.75) is 26.4 Å². The van der Waals surface area contributed by atoms with Crippen molar-refractivity contribution < 1.29 is 24.2 Å². The van der Waals surface area contributed by atoms with Gasteiger partial charge >= 0.3 is 18.0 Å². The van der Waals surface area contributed by atoms with E-state index in [1.54, 1.807) is 26.0 Å². The Balaban J connectivity index is 1.98. The van der Waals surface area contributed by atoms with E-state index in [4.69, 9.17) is 9.84 Å². The number of amides is 2. The third kappa shape index (κ3) is 4.54. The molecular formula is C22H21BrN2O5. The number of aromatic carboxylic acids is 1. The van der Waals surface area contributed by atoms with Gasteiger partial charge in [0.25, 0.3) is 0 Å². The number of nitrogens with zero attached hydrogens (tertiary/aromatic N) is 1. The molecule has 0 saturated heterocycles. The van der Waals surface area contributed by atoms with E-state index in [0.717, 1.165) is 15.6 Å². The molecule has 0 radical (unpaired) electrons. The Morgan fingerprint density at radius 2 is 1.77 bits per heavy atom. The molecule has 0 spiro atoms. The second kappa shape index (κ2) is 9.13. The second-order valence-corrected chi connectivity index (χ2v) is 7.66. The van der Waals surface area contributed by atoms with Crippen molar-refractivity contribution in [3.8, 4) is 0 Å². The summed E-state index contributed by atoms with van der Waals surface area (Å²) in [6, 6.07) is 12.6. The molecule has 1 atom stereocenters. The van der Waals surface area contributed by atoms with E-state index in [9.17, 15) is 14.4 Å². The molecule has 2 N–H and O–H groups in total. The van der Waals surface area contributed by atoms with Gasteiger partial charge in [0.1, 0.15) is 0 Å². The first-order chi connectivity index (χ1) is 14.3. The summed E-state index contributed by atoms with van der Waals surface area (Å²) in [6.07, 6.45) is 0. The SMILES string of the molecule is CCOC(=O)C1=C(C)N(Cc2ccc(C(=O)O)cc2)C(=O)NC1c1ccc(Br)cc1. The van der Waals surface area contributed by atoms with Crippen LogP contribution in [0.25, 0.3) is 0 Å². The lowest BCUT2D eigenvalue weighted by atomic mass is 9.94. The van der Waals surface area contributed by atoms with E-state index in [-0.39, 0.29) is 24.7 Å². The minimum Gasteiger partial charge on any atom is -0.478 e. The number of rotatable bonds is 6. The fraction of sp³-hybridized carbons (Fsp3) is 0.227. The quantitative estimate of drug-likeness (QED) is 0.612. The van der Waals surface area contributed by atoms with Crippen molar-refractivity contribution in [3.05, 3.63) is 81.0 Å². The monoisotopic (exact) mass is 472 g/mol. The highest BCUT2D eigenvalue weighted by Gasteiger charge is 2.36. The third-order valence-corrected chi connectivity index (χ3v) is 5.37. The molecule has 0 bridgehead atoms. The van der Waals surface area contributed by atoms with Crippen LogP contribution in [-0.2, 0) is 16.1 Å². The van der Waals surface area contributed by atoms with Gasteiger partial charge < -0.3 is 15.2 Å². The molecule has 2 amide bonds. The van der Waals surface area contributed by atoms with Crippen LogP contribution < -0.4 is 5.32 Å². The van der Waals surface area contributed by atoms with Crippen molar-refractivity contribution in [1.29, 1.82) is 0 Å². The third-order valence-electron chi connectivity index (χ3n) is 4.84. The lowest BCUT2D eigenvalue weighted by Crippen LogP contribution is -2.47. The molecule has 2 aromatic carbocycles. The van der Waals surface area contributed by atoms with E-state index in [0.29, 0.717) is 11.3 Å². The van der Waals surface area contributed by atoms with Crippen molar-refractivity contribution in [2.75, 3.05) is 6.61 Å². The molecule has 0 aromatic heterocycles. The molecule has 0 fully saturated rings. The molecule has 1 heterocycles. The summed E-state index contributed by atoms with van der Waals surface area (Å²) in [5.74, 6) is -1.51. The van der Waals surface area contributed by atoms with Crippen molar-refractivity contribution in [2.24, 2.45) is 0 Å². The molecular weight excluding hydrogens is 452 g/mol. The Morgan fingerprint density at radius 3 is 2.33 bits per heavy atom. The first-order valence-corrected chi connectivity index (χ1v) is 10.1. The van der Waals surface area contributed by atoms with Crippen LogP contribution in [0, 0.1) is 0 Å². The summed E-state index contributed by atoms with van der Waals surface area (Å²) in [5, 5.41) is 11.9. The van der Waals surface area contributed by atoms with Gasteiger partial charge in [-0.1, -0.05) is 40.2 Å². The molecule has 1 unspecified atom stereocenters. The van der Waals surface area contributed by atoms with Gasteiger partial charge in [0, 0.05) is 10.2 Å². The number of carbonyl (C=O) groups is 3. The Morgan fingerprint density at radius 1 is 1.13 bits per heavy atom. The average molecular weight is 473 g/mol. The average Bonchev–Trinajstić information content (AvgIpc) is 2.71. The maximum Gasteiger partial charge on any atom is 0.338 e. The van der Waals surface area contributed by atoms with Crippen LogP contribution in [0.4, 0.5) is 4.79 Å². The lowest BCUT2D eigenvalue weighted by Gasteiger charge is -2.35. The smallest absolute Gasteiger partial charge is 0.338 e. The maximum absolute atomic E-state index is 12.9. The highest BCUT2D eigenvalue weighted by molar-refractivity contribution is 9.10. The van der Waals surface area contributed by atoms with E-state index in [1.165, 1.54) is 17.0 Å². The molecule has 3 rings (SSSR count). The summed E-state index contributed by atoms with van der Waals surface area (Å²) in [7, 11) is 0. The Hall–Kier alpha value is -3.13. The highest BCUT2D eigenvalue weighted by atomic mass is 79.9. The van der Waals surface area contributed by atoms with Crippen LogP contribution in [0.1, 0.15) is 41.4 Å². The number of carboxylic acids is 1. The van der Waals surface area contributed by atoms with Crippen LogP contribution >= 0.6 is 15.9 Å². The van der Waals surface area contributed by atoms with Crippen molar-refractivity contribution in [1.82, 2.24) is 10.2 Å². The summed E-state index contributed by atoms with van der Waals surface area (Å²) in [6.45, 7) is 3.84. The summed E-state index contributed by atoms with van der Waals surface area (Å²) >= 11 is 3.39. The molecule has 30 heavy (non-hydrogen) atoms. The number of carbonyl (C=O) groups excluding carboxylic acids is 2. The van der Waals surface area contributed by atoms with E-state index in [2.05, 4.69) is 21.2 Å². The zero-order chi connectivity index (χ0) is 21.8. The molecule has 1 aliphatic rings. The number of nitrogens with one attached hydrogen (secondary N) is 1. The predicted molar refractivity (Wildman–Crippen MR) is 114 cm³/mol. The summed E-state index contributed by atoms with van der Waals surface area (Å²) in [5.41, 5.74) is 2.52. The molecule has 156 valence electrons. The lowest BCUT2D eigenvalue weighted by molar-refractivity contribution is -0.139. The molecule has 2 aromatic rings. The van der Waals surface area contributed by atoms with Crippen LogP contribution in [0.15, 0.2) is 64.3 Å². The van der Waals surface area contributed by atoms with Gasteiger partial charge in [-0.2, -0.15) is 0 Å². The summed E-state index contributed by atoms with van der Waals surface area (Å²) < 4.78 is 6.14. The molecule has 0 saturated carbocycles.